The molecule has 1 saturated carbocycles. The molecule has 0 unspecified atom stereocenters. The summed E-state index contributed by atoms with van der Waals surface area (Å²) in [7, 11) is 0. The van der Waals surface area contributed by atoms with Crippen LogP contribution in [0, 0.1) is 5.92 Å². The fourth-order valence-electron chi connectivity index (χ4n) is 4.33. The van der Waals surface area contributed by atoms with Gasteiger partial charge in [-0.25, -0.2) is 4.79 Å². The molecule has 10 heteroatoms. The first kappa shape index (κ1) is 28.1. The molecular formula is C27H34F3N3O4. The van der Waals surface area contributed by atoms with E-state index in [1.165, 1.54) is 30.7 Å². The fraction of sp³-hybridized carbons (Fsp3) is 0.481. The number of amides is 2. The SMILES string of the molecule is C[C@@H](CNc1ccc(OC(F)(F)F)cc1)NC(=O)[C@@H](CC1CCCCC1)NC(=O)OCc1ccccc1. The van der Waals surface area contributed by atoms with E-state index in [1.807, 2.05) is 30.3 Å². The molecule has 7 nitrogen and oxygen atoms in total. The average molecular weight is 522 g/mol. The van der Waals surface area contributed by atoms with E-state index in [0.717, 1.165) is 31.2 Å². The molecule has 202 valence electrons. The topological polar surface area (TPSA) is 88.7 Å². The maximum Gasteiger partial charge on any atom is 0.573 e. The largest absolute Gasteiger partial charge is 0.573 e. The van der Waals surface area contributed by atoms with Gasteiger partial charge in [-0.15, -0.1) is 13.2 Å². The molecule has 0 spiro atoms. The number of anilines is 1. The maximum atomic E-state index is 13.1. The minimum Gasteiger partial charge on any atom is -0.445 e. The summed E-state index contributed by atoms with van der Waals surface area (Å²) in [6.45, 7) is 2.24. The van der Waals surface area contributed by atoms with Gasteiger partial charge in [0, 0.05) is 18.3 Å². The van der Waals surface area contributed by atoms with Crippen LogP contribution < -0.4 is 20.7 Å². The lowest BCUT2D eigenvalue weighted by atomic mass is 9.84. The zero-order valence-corrected chi connectivity index (χ0v) is 20.9. The van der Waals surface area contributed by atoms with E-state index >= 15 is 0 Å². The van der Waals surface area contributed by atoms with Crippen LogP contribution in [0.3, 0.4) is 0 Å². The van der Waals surface area contributed by atoms with Gasteiger partial charge in [0.2, 0.25) is 5.91 Å². The van der Waals surface area contributed by atoms with Crippen molar-refractivity contribution in [3.8, 4) is 5.75 Å². The van der Waals surface area contributed by atoms with Crippen LogP contribution in [0.1, 0.15) is 51.0 Å². The number of halogens is 3. The van der Waals surface area contributed by atoms with Gasteiger partial charge in [-0.2, -0.15) is 0 Å². The Kier molecular flexibility index (Phi) is 10.5. The number of carbonyl (C=O) groups is 2. The fourth-order valence-corrected chi connectivity index (χ4v) is 4.33. The minimum atomic E-state index is -4.75. The van der Waals surface area contributed by atoms with Crippen molar-refractivity contribution in [2.45, 2.75) is 70.5 Å². The third-order valence-electron chi connectivity index (χ3n) is 6.20. The molecule has 0 bridgehead atoms. The molecule has 2 aromatic rings. The predicted octanol–water partition coefficient (Wildman–Crippen LogP) is 5.77. The molecule has 0 aliphatic heterocycles. The van der Waals surface area contributed by atoms with E-state index in [0.29, 0.717) is 24.6 Å². The highest BCUT2D eigenvalue weighted by Crippen LogP contribution is 2.27. The number of alkyl carbamates (subject to hydrolysis) is 1. The highest BCUT2D eigenvalue weighted by molar-refractivity contribution is 5.85. The molecule has 0 aromatic heterocycles. The number of nitrogens with one attached hydrogen (secondary N) is 3. The van der Waals surface area contributed by atoms with Crippen LogP contribution in [-0.2, 0) is 16.1 Å². The summed E-state index contributed by atoms with van der Waals surface area (Å²) in [4.78, 5) is 25.6. The minimum absolute atomic E-state index is 0.109. The van der Waals surface area contributed by atoms with Crippen molar-refractivity contribution < 1.29 is 32.2 Å². The number of carbonyl (C=O) groups excluding carboxylic acids is 2. The highest BCUT2D eigenvalue weighted by Gasteiger charge is 2.31. The van der Waals surface area contributed by atoms with E-state index in [4.69, 9.17) is 4.74 Å². The summed E-state index contributed by atoms with van der Waals surface area (Å²) < 4.78 is 46.1. The molecule has 37 heavy (non-hydrogen) atoms. The molecule has 2 aromatic carbocycles. The second-order valence-corrected chi connectivity index (χ2v) is 9.36. The molecule has 1 aliphatic rings. The van der Waals surface area contributed by atoms with Crippen molar-refractivity contribution in [2.75, 3.05) is 11.9 Å². The molecule has 0 heterocycles. The molecule has 2 atom stereocenters. The normalized spacial score (nSPS) is 15.8. The summed E-state index contributed by atoms with van der Waals surface area (Å²) in [5, 5.41) is 8.73. The van der Waals surface area contributed by atoms with Gasteiger partial charge in [0.15, 0.2) is 0 Å². The first-order valence-electron chi connectivity index (χ1n) is 12.6. The average Bonchev–Trinajstić information content (AvgIpc) is 2.87. The van der Waals surface area contributed by atoms with E-state index in [2.05, 4.69) is 20.7 Å². The van der Waals surface area contributed by atoms with Gasteiger partial charge in [0.1, 0.15) is 18.4 Å². The number of hydrogen-bond donors (Lipinski definition) is 3. The zero-order valence-electron chi connectivity index (χ0n) is 20.9. The van der Waals surface area contributed by atoms with Gasteiger partial charge < -0.3 is 25.4 Å². The Morgan fingerprint density at radius 2 is 1.65 bits per heavy atom. The summed E-state index contributed by atoms with van der Waals surface area (Å²) >= 11 is 0. The number of alkyl halides is 3. The number of rotatable bonds is 11. The van der Waals surface area contributed by atoms with Crippen LogP contribution >= 0.6 is 0 Å². The summed E-state index contributed by atoms with van der Waals surface area (Å²) in [5.74, 6) is -0.259. The molecule has 3 rings (SSSR count). The van der Waals surface area contributed by atoms with Gasteiger partial charge in [-0.1, -0.05) is 62.4 Å². The first-order chi connectivity index (χ1) is 17.7. The Labute approximate surface area is 215 Å². The Balaban J connectivity index is 1.51. The van der Waals surface area contributed by atoms with Gasteiger partial charge in [-0.3, -0.25) is 4.79 Å². The zero-order chi connectivity index (χ0) is 26.7. The summed E-state index contributed by atoms with van der Waals surface area (Å²) in [6.07, 6.45) is 0.607. The Morgan fingerprint density at radius 1 is 0.973 bits per heavy atom. The van der Waals surface area contributed by atoms with Crippen molar-refractivity contribution in [3.63, 3.8) is 0 Å². The van der Waals surface area contributed by atoms with Crippen LogP contribution in [0.25, 0.3) is 0 Å². The van der Waals surface area contributed by atoms with E-state index < -0.39 is 18.5 Å². The highest BCUT2D eigenvalue weighted by atomic mass is 19.4. The molecule has 1 aliphatic carbocycles. The maximum absolute atomic E-state index is 13.1. The summed E-state index contributed by atoms with van der Waals surface area (Å²) in [6, 6.07) is 13.6. The quantitative estimate of drug-likeness (QED) is 0.350. The second kappa shape index (κ2) is 13.8. The van der Waals surface area contributed by atoms with Crippen molar-refractivity contribution in [1.82, 2.24) is 10.6 Å². The third kappa shape index (κ3) is 10.6. The molecule has 0 radical (unpaired) electrons. The lowest BCUT2D eigenvalue weighted by molar-refractivity contribution is -0.274. The van der Waals surface area contributed by atoms with Gasteiger partial charge in [0.25, 0.3) is 0 Å². The van der Waals surface area contributed by atoms with Crippen LogP contribution in [0.2, 0.25) is 0 Å². The van der Waals surface area contributed by atoms with Crippen LogP contribution in [-0.4, -0.2) is 37.0 Å². The van der Waals surface area contributed by atoms with Gasteiger partial charge >= 0.3 is 12.5 Å². The molecule has 2 amide bonds. The van der Waals surface area contributed by atoms with Gasteiger partial charge in [-0.05, 0) is 49.1 Å². The van der Waals surface area contributed by atoms with Gasteiger partial charge in [0.05, 0.1) is 0 Å². The summed E-state index contributed by atoms with van der Waals surface area (Å²) in [5.41, 5.74) is 1.43. The smallest absolute Gasteiger partial charge is 0.445 e. The third-order valence-corrected chi connectivity index (χ3v) is 6.20. The molecule has 1 fully saturated rings. The van der Waals surface area contributed by atoms with Crippen molar-refractivity contribution in [1.29, 1.82) is 0 Å². The van der Waals surface area contributed by atoms with E-state index in [-0.39, 0.29) is 24.3 Å². The van der Waals surface area contributed by atoms with Crippen LogP contribution in [0.5, 0.6) is 5.75 Å². The van der Waals surface area contributed by atoms with Crippen LogP contribution in [0.15, 0.2) is 54.6 Å². The lowest BCUT2D eigenvalue weighted by Gasteiger charge is -2.27. The standard InChI is InChI=1S/C27H34F3N3O4/c1-19(17-31-22-12-14-23(15-13-22)37-27(28,29)30)32-25(34)24(16-20-8-4-2-5-9-20)33-26(35)36-18-21-10-6-3-7-11-21/h3,6-7,10-15,19-20,24,31H,2,4-5,8-9,16-18H2,1H3,(H,32,34)(H,33,35)/t19-,24+/m0/s1. The molecule has 0 saturated heterocycles. The van der Waals surface area contributed by atoms with Crippen molar-refractivity contribution in [2.24, 2.45) is 5.92 Å². The van der Waals surface area contributed by atoms with Crippen molar-refractivity contribution in [3.05, 3.63) is 60.2 Å². The Bertz CT molecular complexity index is 981. The van der Waals surface area contributed by atoms with E-state index in [1.54, 1.807) is 6.92 Å². The van der Waals surface area contributed by atoms with Crippen LogP contribution in [0.4, 0.5) is 23.7 Å². The Morgan fingerprint density at radius 3 is 2.30 bits per heavy atom. The molecular weight excluding hydrogens is 487 g/mol. The predicted molar refractivity (Wildman–Crippen MR) is 134 cm³/mol. The number of benzene rings is 2. The Hall–Kier alpha value is -3.43. The number of hydrogen-bond acceptors (Lipinski definition) is 5. The monoisotopic (exact) mass is 521 g/mol. The lowest BCUT2D eigenvalue weighted by Crippen LogP contribution is -2.51. The van der Waals surface area contributed by atoms with Crippen molar-refractivity contribution >= 4 is 17.7 Å². The second-order valence-electron chi connectivity index (χ2n) is 9.36. The van der Waals surface area contributed by atoms with E-state index in [9.17, 15) is 22.8 Å². The first-order valence-corrected chi connectivity index (χ1v) is 12.6. The molecule has 3 N–H and O–H groups in total. The number of ether oxygens (including phenoxy) is 2.